The van der Waals surface area contributed by atoms with E-state index >= 15 is 0 Å². The van der Waals surface area contributed by atoms with Gasteiger partial charge in [-0.15, -0.1) is 22.0 Å². The Kier molecular flexibility index (Phi) is 5.60. The molecule has 2 rings (SSSR count). The fourth-order valence-corrected chi connectivity index (χ4v) is 3.82. The quantitative estimate of drug-likeness (QED) is 0.779. The van der Waals surface area contributed by atoms with E-state index in [1.807, 2.05) is 12.1 Å². The average Bonchev–Trinajstić information content (AvgIpc) is 2.90. The molecule has 8 heteroatoms. The monoisotopic (exact) mass is 343 g/mol. The summed E-state index contributed by atoms with van der Waals surface area (Å²) >= 11 is 3.16. The molecule has 114 valence electrons. The van der Waals surface area contributed by atoms with E-state index in [0.717, 1.165) is 33.8 Å². The molecule has 0 aliphatic heterocycles. The number of nitrogens with zero attached hydrogens (tertiary/aromatic N) is 2. The fraction of sp³-hybridized carbons (Fsp3) is 0.385. The van der Waals surface area contributed by atoms with Crippen molar-refractivity contribution in [3.63, 3.8) is 0 Å². The summed E-state index contributed by atoms with van der Waals surface area (Å²) in [7, 11) is -3.13. The van der Waals surface area contributed by atoms with Crippen molar-refractivity contribution in [2.24, 2.45) is 0 Å². The van der Waals surface area contributed by atoms with Gasteiger partial charge in [-0.3, -0.25) is 0 Å². The first-order valence-electron chi connectivity index (χ1n) is 6.48. The van der Waals surface area contributed by atoms with Crippen molar-refractivity contribution < 1.29 is 8.42 Å². The lowest BCUT2D eigenvalue weighted by Gasteiger charge is -2.01. The van der Waals surface area contributed by atoms with Crippen molar-refractivity contribution in [2.75, 3.05) is 18.1 Å². The van der Waals surface area contributed by atoms with Crippen LogP contribution in [0.25, 0.3) is 0 Å². The predicted molar refractivity (Wildman–Crippen MR) is 87.8 cm³/mol. The van der Waals surface area contributed by atoms with Crippen LogP contribution in [0.3, 0.4) is 0 Å². The molecule has 1 heterocycles. The second kappa shape index (κ2) is 7.24. The molecule has 0 amide bonds. The first-order valence-corrected chi connectivity index (χ1v) is 10.2. The highest BCUT2D eigenvalue weighted by atomic mass is 32.2. The van der Waals surface area contributed by atoms with Gasteiger partial charge in [-0.25, -0.2) is 8.42 Å². The Morgan fingerprint density at radius 3 is 2.57 bits per heavy atom. The number of rotatable bonds is 7. The minimum Gasteiger partial charge on any atom is -0.360 e. The fourth-order valence-electron chi connectivity index (χ4n) is 1.54. The third kappa shape index (κ3) is 4.98. The summed E-state index contributed by atoms with van der Waals surface area (Å²) in [6.45, 7) is 3.00. The van der Waals surface area contributed by atoms with Crippen molar-refractivity contribution in [1.82, 2.24) is 10.2 Å². The van der Waals surface area contributed by atoms with E-state index in [0.29, 0.717) is 4.90 Å². The van der Waals surface area contributed by atoms with E-state index < -0.39 is 9.84 Å². The minimum atomic E-state index is -3.13. The summed E-state index contributed by atoms with van der Waals surface area (Å²) in [5.74, 6) is 0.726. The maximum atomic E-state index is 11.4. The van der Waals surface area contributed by atoms with E-state index in [4.69, 9.17) is 0 Å². The van der Waals surface area contributed by atoms with Crippen LogP contribution in [0, 0.1) is 0 Å². The van der Waals surface area contributed by atoms with Crippen LogP contribution >= 0.6 is 23.1 Å². The topological polar surface area (TPSA) is 72.0 Å². The van der Waals surface area contributed by atoms with Crippen LogP contribution in [0.2, 0.25) is 0 Å². The van der Waals surface area contributed by atoms with Gasteiger partial charge >= 0.3 is 0 Å². The van der Waals surface area contributed by atoms with Gasteiger partial charge in [0.1, 0.15) is 5.01 Å². The molecule has 1 aromatic heterocycles. The van der Waals surface area contributed by atoms with Gasteiger partial charge in [0.15, 0.2) is 9.84 Å². The van der Waals surface area contributed by atoms with Gasteiger partial charge < -0.3 is 5.32 Å². The van der Waals surface area contributed by atoms with E-state index in [1.54, 1.807) is 35.2 Å². The number of hydrogen-bond donors (Lipinski definition) is 1. The molecule has 21 heavy (non-hydrogen) atoms. The second-order valence-electron chi connectivity index (χ2n) is 4.46. The van der Waals surface area contributed by atoms with Crippen LogP contribution < -0.4 is 5.32 Å². The molecule has 0 unspecified atom stereocenters. The first-order chi connectivity index (χ1) is 9.99. The predicted octanol–water partition coefficient (Wildman–Crippen LogP) is 3.06. The number of nitrogens with one attached hydrogen (secondary N) is 1. The Morgan fingerprint density at radius 1 is 1.24 bits per heavy atom. The van der Waals surface area contributed by atoms with Gasteiger partial charge in [0.05, 0.1) is 10.6 Å². The van der Waals surface area contributed by atoms with Crippen LogP contribution in [-0.2, 0) is 15.6 Å². The summed E-state index contributed by atoms with van der Waals surface area (Å²) < 4.78 is 22.8. The molecule has 0 atom stereocenters. The molecule has 0 bridgehead atoms. The summed E-state index contributed by atoms with van der Waals surface area (Å²) in [5.41, 5.74) is 0. The normalized spacial score (nSPS) is 11.5. The number of thioether (sulfide) groups is 1. The van der Waals surface area contributed by atoms with Crippen LogP contribution in [0.4, 0.5) is 5.13 Å². The standard InChI is InChI=1S/C13H17N3O2S3/c1-3-8-14-13-16-15-12(20-13)9-19-10-4-6-11(7-5-10)21(2,17)18/h4-7H,3,8-9H2,1-2H3,(H,14,16). The lowest BCUT2D eigenvalue weighted by molar-refractivity contribution is 0.602. The van der Waals surface area contributed by atoms with Gasteiger partial charge in [-0.2, -0.15) is 0 Å². The van der Waals surface area contributed by atoms with E-state index in [2.05, 4.69) is 22.4 Å². The third-order valence-corrected chi connectivity index (χ3v) is 5.82. The van der Waals surface area contributed by atoms with Crippen LogP contribution in [0.5, 0.6) is 0 Å². The Morgan fingerprint density at radius 2 is 1.95 bits per heavy atom. The highest BCUT2D eigenvalue weighted by Crippen LogP contribution is 2.26. The molecule has 2 aromatic rings. The van der Waals surface area contributed by atoms with Crippen LogP contribution in [0.15, 0.2) is 34.1 Å². The highest BCUT2D eigenvalue weighted by molar-refractivity contribution is 7.98. The minimum absolute atomic E-state index is 0.341. The molecule has 0 saturated heterocycles. The van der Waals surface area contributed by atoms with Crippen LogP contribution in [-0.4, -0.2) is 31.4 Å². The van der Waals surface area contributed by atoms with Gasteiger partial charge in [0.25, 0.3) is 0 Å². The third-order valence-electron chi connectivity index (χ3n) is 2.61. The number of sulfone groups is 1. The highest BCUT2D eigenvalue weighted by Gasteiger charge is 2.07. The molecule has 1 aromatic carbocycles. The molecule has 0 aliphatic rings. The van der Waals surface area contributed by atoms with Crippen molar-refractivity contribution in [3.8, 4) is 0 Å². The van der Waals surface area contributed by atoms with Gasteiger partial charge in [0, 0.05) is 17.7 Å². The second-order valence-corrected chi connectivity index (χ2v) is 8.59. The SMILES string of the molecule is CCCNc1nnc(CSc2ccc(S(C)(=O)=O)cc2)s1. The van der Waals surface area contributed by atoms with Gasteiger partial charge in [-0.1, -0.05) is 18.3 Å². The van der Waals surface area contributed by atoms with E-state index in [1.165, 1.54) is 6.26 Å². The van der Waals surface area contributed by atoms with E-state index in [9.17, 15) is 8.42 Å². The average molecular weight is 343 g/mol. The molecule has 0 aliphatic carbocycles. The molecular weight excluding hydrogens is 326 g/mol. The van der Waals surface area contributed by atoms with Gasteiger partial charge in [0.2, 0.25) is 5.13 Å². The molecule has 0 saturated carbocycles. The summed E-state index contributed by atoms with van der Waals surface area (Å²) in [6, 6.07) is 6.90. The van der Waals surface area contributed by atoms with Crippen molar-refractivity contribution >= 4 is 38.1 Å². The van der Waals surface area contributed by atoms with Crippen LogP contribution in [0.1, 0.15) is 18.4 Å². The largest absolute Gasteiger partial charge is 0.360 e. The number of hydrogen-bond acceptors (Lipinski definition) is 7. The molecule has 0 fully saturated rings. The molecular formula is C13H17N3O2S3. The number of benzene rings is 1. The Bertz CT molecular complexity index is 681. The van der Waals surface area contributed by atoms with Crippen molar-refractivity contribution in [3.05, 3.63) is 29.3 Å². The Balaban J connectivity index is 1.92. The zero-order valence-corrected chi connectivity index (χ0v) is 14.3. The molecule has 0 radical (unpaired) electrons. The summed E-state index contributed by atoms with van der Waals surface area (Å²) in [6.07, 6.45) is 2.26. The smallest absolute Gasteiger partial charge is 0.205 e. The molecule has 5 nitrogen and oxygen atoms in total. The zero-order chi connectivity index (χ0) is 15.3. The lowest BCUT2D eigenvalue weighted by Crippen LogP contribution is -1.98. The summed E-state index contributed by atoms with van der Waals surface area (Å²) in [4.78, 5) is 1.36. The van der Waals surface area contributed by atoms with Crippen molar-refractivity contribution in [2.45, 2.75) is 28.9 Å². The van der Waals surface area contributed by atoms with Gasteiger partial charge in [-0.05, 0) is 30.7 Å². The number of anilines is 1. The summed E-state index contributed by atoms with van der Waals surface area (Å²) in [5, 5.41) is 13.2. The maximum Gasteiger partial charge on any atom is 0.205 e. The van der Waals surface area contributed by atoms with E-state index in [-0.39, 0.29) is 0 Å². The molecule has 1 N–H and O–H groups in total. The Labute approximate surface area is 133 Å². The first kappa shape index (κ1) is 16.3. The lowest BCUT2D eigenvalue weighted by atomic mass is 10.4. The van der Waals surface area contributed by atoms with Crippen molar-refractivity contribution in [1.29, 1.82) is 0 Å². The molecule has 0 spiro atoms. The number of aromatic nitrogens is 2. The Hall–Kier alpha value is -1.12. The maximum absolute atomic E-state index is 11.4. The zero-order valence-electron chi connectivity index (χ0n) is 11.9.